The molecule has 0 radical (unpaired) electrons. The van der Waals surface area contributed by atoms with Gasteiger partial charge in [-0.3, -0.25) is 0 Å². The van der Waals surface area contributed by atoms with Crippen molar-refractivity contribution in [2.75, 3.05) is 6.54 Å². The van der Waals surface area contributed by atoms with Gasteiger partial charge in [-0.05, 0) is 20.8 Å². The Morgan fingerprint density at radius 2 is 2.18 bits per heavy atom. The molecule has 3 nitrogen and oxygen atoms in total. The number of ether oxygens (including phenoxy) is 1. The quantitative estimate of drug-likeness (QED) is 0.423. The second kappa shape index (κ2) is 2.81. The molecular weight excluding hydrogens is 142 g/mol. The molecule has 0 amide bonds. The summed E-state index contributed by atoms with van der Waals surface area (Å²) in [5, 5.41) is 10.7. The van der Waals surface area contributed by atoms with Gasteiger partial charge in [0.2, 0.25) is 0 Å². The molecule has 1 rings (SSSR count). The number of hydrogen-bond acceptors (Lipinski definition) is 2. The van der Waals surface area contributed by atoms with Gasteiger partial charge < -0.3 is 9.94 Å². The smallest absolute Gasteiger partial charge is 0.180 e. The number of hydroxylamine groups is 1. The maximum Gasteiger partial charge on any atom is 0.180 e. The van der Waals surface area contributed by atoms with Gasteiger partial charge in [-0.1, -0.05) is 0 Å². The molecule has 0 aromatic rings. The first kappa shape index (κ1) is 8.53. The molecule has 1 unspecified atom stereocenters. The maximum atomic E-state index is 10.7. The zero-order valence-corrected chi connectivity index (χ0v) is 7.33. The Balaban J connectivity index is 2.40. The van der Waals surface area contributed by atoms with E-state index < -0.39 is 0 Å². The van der Waals surface area contributed by atoms with Crippen LogP contribution in [-0.4, -0.2) is 29.2 Å². The van der Waals surface area contributed by atoms with Crippen LogP contribution < -0.4 is 0 Å². The first-order chi connectivity index (χ1) is 4.97. The first-order valence-electron chi connectivity index (χ1n) is 3.94. The van der Waals surface area contributed by atoms with Crippen LogP contribution in [0.3, 0.4) is 0 Å². The van der Waals surface area contributed by atoms with Crippen LogP contribution in [0.1, 0.15) is 27.2 Å². The summed E-state index contributed by atoms with van der Waals surface area (Å²) in [5.74, 6) is 0. The molecule has 0 bridgehead atoms. The summed E-state index contributed by atoms with van der Waals surface area (Å²) < 4.78 is 6.51. The predicted octanol–water partition coefficient (Wildman–Crippen LogP) is 1.15. The maximum absolute atomic E-state index is 10.7. The van der Waals surface area contributed by atoms with Gasteiger partial charge in [0, 0.05) is 6.42 Å². The molecule has 0 saturated carbocycles. The number of hydrogen-bond donors (Lipinski definition) is 0. The fourth-order valence-electron chi connectivity index (χ4n) is 1.13. The van der Waals surface area contributed by atoms with E-state index in [1.54, 1.807) is 6.21 Å². The molecule has 0 aromatic carbocycles. The van der Waals surface area contributed by atoms with Gasteiger partial charge in [0.1, 0.15) is 6.10 Å². The van der Waals surface area contributed by atoms with Crippen LogP contribution in [0.25, 0.3) is 0 Å². The van der Waals surface area contributed by atoms with Crippen molar-refractivity contribution in [2.45, 2.75) is 38.9 Å². The second-order valence-electron chi connectivity index (χ2n) is 3.85. The summed E-state index contributed by atoms with van der Waals surface area (Å²) in [6.45, 7) is 6.55. The summed E-state index contributed by atoms with van der Waals surface area (Å²) in [6, 6.07) is 0. The van der Waals surface area contributed by atoms with Crippen molar-refractivity contribution in [2.24, 2.45) is 0 Å². The SMILES string of the molecule is CC(C)(C)OC1C=[N+]([O-])CC1. The van der Waals surface area contributed by atoms with Gasteiger partial charge in [-0.2, -0.15) is 0 Å². The van der Waals surface area contributed by atoms with Crippen LogP contribution in [0.2, 0.25) is 0 Å². The largest absolute Gasteiger partial charge is 0.624 e. The van der Waals surface area contributed by atoms with Crippen molar-refractivity contribution in [1.82, 2.24) is 0 Å². The van der Waals surface area contributed by atoms with E-state index in [0.29, 0.717) is 6.54 Å². The van der Waals surface area contributed by atoms with Crippen molar-refractivity contribution < 1.29 is 9.48 Å². The highest BCUT2D eigenvalue weighted by Crippen LogP contribution is 2.14. The minimum Gasteiger partial charge on any atom is -0.624 e. The zero-order chi connectivity index (χ0) is 8.48. The average Bonchev–Trinajstić information content (AvgIpc) is 2.10. The summed E-state index contributed by atoms with van der Waals surface area (Å²) in [5.41, 5.74) is -0.146. The van der Waals surface area contributed by atoms with Gasteiger partial charge in [0.15, 0.2) is 12.8 Å². The summed E-state index contributed by atoms with van der Waals surface area (Å²) in [4.78, 5) is 0. The minimum absolute atomic E-state index is 0.0208. The molecule has 0 fully saturated rings. The third-order valence-electron chi connectivity index (χ3n) is 1.47. The monoisotopic (exact) mass is 157 g/mol. The standard InChI is InChI=1S/C8H15NO2/c1-8(2,3)11-7-4-5-9(10)6-7/h6-7H,4-5H2,1-3H3. The Hall–Kier alpha value is -0.570. The molecule has 64 valence electrons. The van der Waals surface area contributed by atoms with Crippen LogP contribution >= 0.6 is 0 Å². The van der Waals surface area contributed by atoms with Crippen LogP contribution in [-0.2, 0) is 4.74 Å². The lowest BCUT2D eigenvalue weighted by Gasteiger charge is -2.21. The molecule has 1 heterocycles. The van der Waals surface area contributed by atoms with Crippen molar-refractivity contribution in [1.29, 1.82) is 0 Å². The van der Waals surface area contributed by atoms with E-state index in [1.807, 2.05) is 20.8 Å². The molecule has 0 saturated heterocycles. The normalized spacial score (nSPS) is 25.4. The third kappa shape index (κ3) is 2.89. The molecule has 0 aliphatic carbocycles. The topological polar surface area (TPSA) is 35.3 Å². The first-order valence-corrected chi connectivity index (χ1v) is 3.94. The zero-order valence-electron chi connectivity index (χ0n) is 7.33. The van der Waals surface area contributed by atoms with Crippen molar-refractivity contribution in [3.63, 3.8) is 0 Å². The Kier molecular flexibility index (Phi) is 2.18. The highest BCUT2D eigenvalue weighted by molar-refractivity contribution is 5.59. The van der Waals surface area contributed by atoms with E-state index in [0.717, 1.165) is 11.2 Å². The third-order valence-corrected chi connectivity index (χ3v) is 1.47. The molecular formula is C8H15NO2. The van der Waals surface area contributed by atoms with Gasteiger partial charge in [0.05, 0.1) is 5.60 Å². The van der Waals surface area contributed by atoms with Gasteiger partial charge in [0.25, 0.3) is 0 Å². The van der Waals surface area contributed by atoms with Gasteiger partial charge in [-0.25, -0.2) is 4.74 Å². The van der Waals surface area contributed by atoms with Crippen LogP contribution in [0.5, 0.6) is 0 Å². The minimum atomic E-state index is -0.146. The number of nitrogens with zero attached hydrogens (tertiary/aromatic N) is 1. The highest BCUT2D eigenvalue weighted by atomic mass is 16.5. The van der Waals surface area contributed by atoms with E-state index in [-0.39, 0.29) is 11.7 Å². The van der Waals surface area contributed by atoms with E-state index in [9.17, 15) is 5.21 Å². The van der Waals surface area contributed by atoms with E-state index in [4.69, 9.17) is 4.74 Å². The molecule has 1 aliphatic heterocycles. The van der Waals surface area contributed by atoms with E-state index in [1.165, 1.54) is 0 Å². The predicted molar refractivity (Wildman–Crippen MR) is 43.8 cm³/mol. The molecule has 0 spiro atoms. The van der Waals surface area contributed by atoms with Crippen LogP contribution in [0.15, 0.2) is 0 Å². The van der Waals surface area contributed by atoms with Gasteiger partial charge in [-0.15, -0.1) is 0 Å². The van der Waals surface area contributed by atoms with Crippen LogP contribution in [0, 0.1) is 5.21 Å². The van der Waals surface area contributed by atoms with Gasteiger partial charge >= 0.3 is 0 Å². The van der Waals surface area contributed by atoms with Crippen molar-refractivity contribution in [3.8, 4) is 0 Å². The summed E-state index contributed by atoms with van der Waals surface area (Å²) in [7, 11) is 0. The summed E-state index contributed by atoms with van der Waals surface area (Å²) in [6.07, 6.45) is 2.44. The van der Waals surface area contributed by atoms with Crippen molar-refractivity contribution >= 4 is 6.21 Å². The Morgan fingerprint density at radius 1 is 1.55 bits per heavy atom. The number of rotatable bonds is 1. The molecule has 1 atom stereocenters. The molecule has 0 N–H and O–H groups in total. The van der Waals surface area contributed by atoms with Crippen molar-refractivity contribution in [3.05, 3.63) is 5.21 Å². The fourth-order valence-corrected chi connectivity index (χ4v) is 1.13. The molecule has 3 heteroatoms. The molecule has 1 aliphatic rings. The van der Waals surface area contributed by atoms with Crippen LogP contribution in [0.4, 0.5) is 0 Å². The van der Waals surface area contributed by atoms with E-state index in [2.05, 4.69) is 0 Å². The van der Waals surface area contributed by atoms with E-state index >= 15 is 0 Å². The Bertz CT molecular complexity index is 169. The average molecular weight is 157 g/mol. The highest BCUT2D eigenvalue weighted by Gasteiger charge is 2.24. The molecule has 11 heavy (non-hydrogen) atoms. The second-order valence-corrected chi connectivity index (χ2v) is 3.85. The lowest BCUT2D eigenvalue weighted by molar-refractivity contribution is -0.443. The summed E-state index contributed by atoms with van der Waals surface area (Å²) >= 11 is 0. The lowest BCUT2D eigenvalue weighted by atomic mass is 10.2. The Labute approximate surface area is 67.3 Å². The Morgan fingerprint density at radius 3 is 2.55 bits per heavy atom. The lowest BCUT2D eigenvalue weighted by Crippen LogP contribution is -2.27. The molecule has 0 aromatic heterocycles. The fraction of sp³-hybridized carbons (Fsp3) is 0.875.